The lowest BCUT2D eigenvalue weighted by Gasteiger charge is -2.44. The lowest BCUT2D eigenvalue weighted by Crippen LogP contribution is -2.48. The van der Waals surface area contributed by atoms with Gasteiger partial charge in [0.05, 0.1) is 0 Å². The zero-order valence-corrected chi connectivity index (χ0v) is 15.2. The zero-order chi connectivity index (χ0) is 16.8. The summed E-state index contributed by atoms with van der Waals surface area (Å²) in [7, 11) is 4.12. The Bertz CT molecular complexity index is 467. The molecule has 4 heteroatoms. The van der Waals surface area contributed by atoms with Gasteiger partial charge in [0.25, 0.3) is 0 Å². The lowest BCUT2D eigenvalue weighted by atomic mass is 9.92. The van der Waals surface area contributed by atoms with E-state index in [-0.39, 0.29) is 6.04 Å². The van der Waals surface area contributed by atoms with E-state index in [2.05, 4.69) is 55.9 Å². The molecule has 1 aliphatic rings. The number of nitrogens with two attached hydrogens (primary N) is 1. The number of hydrogen-bond acceptors (Lipinski definition) is 4. The molecule has 1 fully saturated rings. The van der Waals surface area contributed by atoms with Gasteiger partial charge in [0, 0.05) is 31.2 Å². The van der Waals surface area contributed by atoms with Gasteiger partial charge in [0.2, 0.25) is 0 Å². The van der Waals surface area contributed by atoms with E-state index >= 15 is 0 Å². The van der Waals surface area contributed by atoms with Gasteiger partial charge < -0.3 is 15.4 Å². The third kappa shape index (κ3) is 4.93. The molecule has 4 nitrogen and oxygen atoms in total. The smallest absolute Gasteiger partial charge is 0.119 e. The molecule has 2 rings (SSSR count). The van der Waals surface area contributed by atoms with Crippen molar-refractivity contribution in [3.05, 3.63) is 29.8 Å². The fourth-order valence-corrected chi connectivity index (χ4v) is 3.64. The molecule has 1 aromatic rings. The molecular weight excluding hydrogens is 286 g/mol. The van der Waals surface area contributed by atoms with Gasteiger partial charge in [-0.25, -0.2) is 0 Å². The first-order chi connectivity index (χ1) is 11.0. The van der Waals surface area contributed by atoms with Crippen LogP contribution >= 0.6 is 0 Å². The van der Waals surface area contributed by atoms with E-state index in [4.69, 9.17) is 10.5 Å². The third-order valence-corrected chi connectivity index (χ3v) is 4.89. The Morgan fingerprint density at radius 1 is 1.26 bits per heavy atom. The summed E-state index contributed by atoms with van der Waals surface area (Å²) < 4.78 is 5.89. The van der Waals surface area contributed by atoms with Crippen molar-refractivity contribution in [1.29, 1.82) is 0 Å². The standard InChI is InChI=1S/C19H33N3O/c1-15-7-5-8-16(2)22(15)19(14-20)17-9-6-10-18(13-17)23-12-11-21(3)4/h6,9-10,13,15-16,19H,5,7-8,11-12,14,20H2,1-4H3. The number of hydrogen-bond donors (Lipinski definition) is 1. The molecule has 0 saturated carbocycles. The summed E-state index contributed by atoms with van der Waals surface area (Å²) in [4.78, 5) is 4.73. The normalized spacial score (nSPS) is 23.9. The lowest BCUT2D eigenvalue weighted by molar-refractivity contribution is 0.0576. The maximum absolute atomic E-state index is 6.16. The second-order valence-electron chi connectivity index (χ2n) is 7.05. The molecule has 1 aromatic carbocycles. The summed E-state index contributed by atoms with van der Waals surface area (Å²) in [5.74, 6) is 0.945. The molecule has 3 atom stereocenters. The third-order valence-electron chi connectivity index (χ3n) is 4.89. The Hall–Kier alpha value is -1.10. The van der Waals surface area contributed by atoms with Gasteiger partial charge >= 0.3 is 0 Å². The fourth-order valence-electron chi connectivity index (χ4n) is 3.64. The number of benzene rings is 1. The van der Waals surface area contributed by atoms with Crippen molar-refractivity contribution in [3.8, 4) is 5.75 Å². The average molecular weight is 319 g/mol. The SMILES string of the molecule is CC1CCCC(C)N1C(CN)c1cccc(OCCN(C)C)c1. The number of nitrogens with zero attached hydrogens (tertiary/aromatic N) is 2. The van der Waals surface area contributed by atoms with E-state index in [0.717, 1.165) is 12.3 Å². The van der Waals surface area contributed by atoms with Crippen molar-refractivity contribution in [2.45, 2.75) is 51.2 Å². The number of rotatable bonds is 7. The van der Waals surface area contributed by atoms with Gasteiger partial charge in [-0.3, -0.25) is 4.90 Å². The van der Waals surface area contributed by atoms with Gasteiger partial charge in [0.1, 0.15) is 12.4 Å². The van der Waals surface area contributed by atoms with Crippen molar-refractivity contribution in [3.63, 3.8) is 0 Å². The Kier molecular flexibility index (Phi) is 6.88. The Morgan fingerprint density at radius 2 is 1.96 bits per heavy atom. The summed E-state index contributed by atoms with van der Waals surface area (Å²) in [5.41, 5.74) is 7.43. The molecule has 0 aliphatic carbocycles. The second-order valence-corrected chi connectivity index (χ2v) is 7.05. The Morgan fingerprint density at radius 3 is 2.57 bits per heavy atom. The van der Waals surface area contributed by atoms with Crippen molar-refractivity contribution >= 4 is 0 Å². The molecule has 1 aliphatic heterocycles. The minimum Gasteiger partial charge on any atom is -0.492 e. The number of ether oxygens (including phenoxy) is 1. The molecule has 2 N–H and O–H groups in total. The van der Waals surface area contributed by atoms with Crippen molar-refractivity contribution < 1.29 is 4.74 Å². The van der Waals surface area contributed by atoms with Crippen LogP contribution in [0, 0.1) is 0 Å². The van der Waals surface area contributed by atoms with Crippen LogP contribution in [-0.4, -0.2) is 55.7 Å². The van der Waals surface area contributed by atoms with Crippen LogP contribution in [0.4, 0.5) is 0 Å². The number of likely N-dealkylation sites (tertiary alicyclic amines) is 1. The number of piperidine rings is 1. The second kappa shape index (κ2) is 8.67. The van der Waals surface area contributed by atoms with Crippen LogP contribution in [0.25, 0.3) is 0 Å². The van der Waals surface area contributed by atoms with Crippen LogP contribution in [-0.2, 0) is 0 Å². The highest BCUT2D eigenvalue weighted by atomic mass is 16.5. The van der Waals surface area contributed by atoms with Gasteiger partial charge in [-0.1, -0.05) is 18.6 Å². The predicted octanol–water partition coefficient (Wildman–Crippen LogP) is 2.89. The highest BCUT2D eigenvalue weighted by Gasteiger charge is 2.31. The van der Waals surface area contributed by atoms with Crippen LogP contribution in [0.15, 0.2) is 24.3 Å². The molecule has 0 aromatic heterocycles. The summed E-state index contributed by atoms with van der Waals surface area (Å²) in [6, 6.07) is 9.93. The molecule has 0 bridgehead atoms. The van der Waals surface area contributed by atoms with Crippen molar-refractivity contribution in [1.82, 2.24) is 9.80 Å². The first-order valence-corrected chi connectivity index (χ1v) is 8.88. The van der Waals surface area contributed by atoms with Gasteiger partial charge in [0.15, 0.2) is 0 Å². The molecular formula is C19H33N3O. The summed E-state index contributed by atoms with van der Waals surface area (Å²) in [6.45, 7) is 6.94. The first kappa shape index (κ1) is 18.2. The van der Waals surface area contributed by atoms with Crippen LogP contribution < -0.4 is 10.5 Å². The number of likely N-dealkylation sites (N-methyl/N-ethyl adjacent to an activating group) is 1. The fraction of sp³-hybridized carbons (Fsp3) is 0.684. The largest absolute Gasteiger partial charge is 0.492 e. The summed E-state index contributed by atoms with van der Waals surface area (Å²) in [6.07, 6.45) is 3.85. The first-order valence-electron chi connectivity index (χ1n) is 8.88. The minimum atomic E-state index is 0.276. The zero-order valence-electron chi connectivity index (χ0n) is 15.2. The molecule has 0 spiro atoms. The van der Waals surface area contributed by atoms with Gasteiger partial charge in [-0.15, -0.1) is 0 Å². The van der Waals surface area contributed by atoms with E-state index in [9.17, 15) is 0 Å². The van der Waals surface area contributed by atoms with Crippen LogP contribution in [0.3, 0.4) is 0 Å². The Balaban J connectivity index is 2.11. The minimum absolute atomic E-state index is 0.276. The molecule has 130 valence electrons. The summed E-state index contributed by atoms with van der Waals surface area (Å²) in [5, 5.41) is 0. The van der Waals surface area contributed by atoms with Crippen molar-refractivity contribution in [2.24, 2.45) is 5.73 Å². The molecule has 1 saturated heterocycles. The maximum atomic E-state index is 6.16. The topological polar surface area (TPSA) is 41.7 Å². The molecule has 1 heterocycles. The highest BCUT2D eigenvalue weighted by molar-refractivity contribution is 5.31. The molecule has 0 radical (unpaired) electrons. The quantitative estimate of drug-likeness (QED) is 0.839. The van der Waals surface area contributed by atoms with E-state index in [0.29, 0.717) is 25.2 Å². The van der Waals surface area contributed by atoms with E-state index in [1.165, 1.54) is 24.8 Å². The maximum Gasteiger partial charge on any atom is 0.119 e. The van der Waals surface area contributed by atoms with Gasteiger partial charge in [-0.05, 0) is 58.5 Å². The molecule has 0 amide bonds. The van der Waals surface area contributed by atoms with E-state index < -0.39 is 0 Å². The average Bonchev–Trinajstić information content (AvgIpc) is 2.51. The van der Waals surface area contributed by atoms with Crippen molar-refractivity contribution in [2.75, 3.05) is 33.8 Å². The monoisotopic (exact) mass is 319 g/mol. The predicted molar refractivity (Wildman–Crippen MR) is 96.9 cm³/mol. The van der Waals surface area contributed by atoms with E-state index in [1.54, 1.807) is 0 Å². The van der Waals surface area contributed by atoms with E-state index in [1.807, 2.05) is 6.07 Å². The van der Waals surface area contributed by atoms with Crippen LogP contribution in [0.2, 0.25) is 0 Å². The van der Waals surface area contributed by atoms with Gasteiger partial charge in [-0.2, -0.15) is 0 Å². The Labute approximate surface area is 141 Å². The van der Waals surface area contributed by atoms with Crippen LogP contribution in [0.1, 0.15) is 44.7 Å². The highest BCUT2D eigenvalue weighted by Crippen LogP contribution is 2.33. The molecule has 3 unspecified atom stereocenters. The summed E-state index contributed by atoms with van der Waals surface area (Å²) >= 11 is 0. The van der Waals surface area contributed by atoms with Crippen LogP contribution in [0.5, 0.6) is 5.75 Å². The molecule has 23 heavy (non-hydrogen) atoms.